The van der Waals surface area contributed by atoms with Gasteiger partial charge < -0.3 is 9.84 Å². The fraction of sp³-hybridized carbons (Fsp3) is 0.267. The van der Waals surface area contributed by atoms with Crippen LogP contribution in [0.2, 0.25) is 0 Å². The lowest BCUT2D eigenvalue weighted by Crippen LogP contribution is -2.19. The van der Waals surface area contributed by atoms with Gasteiger partial charge in [-0.2, -0.15) is 0 Å². The summed E-state index contributed by atoms with van der Waals surface area (Å²) in [6.07, 6.45) is -6.05. The Morgan fingerprint density at radius 3 is 2.33 bits per heavy atom. The number of ether oxygens (including phenoxy) is 1. The maximum absolute atomic E-state index is 12.4. The SMILES string of the molecule is Cc1ccc(C(O)c2ccccc2OC(F)(F)F)c(C)n1. The molecule has 2 aromatic rings. The Morgan fingerprint density at radius 2 is 1.71 bits per heavy atom. The molecule has 3 nitrogen and oxygen atoms in total. The fourth-order valence-corrected chi connectivity index (χ4v) is 2.08. The number of halogens is 3. The molecule has 6 heteroatoms. The Labute approximate surface area is 120 Å². The van der Waals surface area contributed by atoms with Crippen molar-refractivity contribution in [3.63, 3.8) is 0 Å². The molecule has 0 bridgehead atoms. The van der Waals surface area contributed by atoms with Crippen molar-refractivity contribution in [1.29, 1.82) is 0 Å². The maximum Gasteiger partial charge on any atom is 0.573 e. The smallest absolute Gasteiger partial charge is 0.405 e. The molecule has 0 saturated heterocycles. The van der Waals surface area contributed by atoms with Crippen LogP contribution in [0.5, 0.6) is 5.75 Å². The molecule has 0 radical (unpaired) electrons. The summed E-state index contributed by atoms with van der Waals surface area (Å²) in [4.78, 5) is 4.20. The van der Waals surface area contributed by atoms with E-state index < -0.39 is 18.2 Å². The molecule has 0 amide bonds. The lowest BCUT2D eigenvalue weighted by molar-refractivity contribution is -0.275. The van der Waals surface area contributed by atoms with Crippen molar-refractivity contribution >= 4 is 0 Å². The zero-order valence-corrected chi connectivity index (χ0v) is 11.5. The zero-order chi connectivity index (χ0) is 15.6. The Morgan fingerprint density at radius 1 is 1.05 bits per heavy atom. The molecule has 1 aromatic heterocycles. The highest BCUT2D eigenvalue weighted by Crippen LogP contribution is 2.34. The summed E-state index contributed by atoms with van der Waals surface area (Å²) in [5.41, 5.74) is 1.81. The van der Waals surface area contributed by atoms with Gasteiger partial charge in [0.1, 0.15) is 11.9 Å². The number of benzene rings is 1. The number of aromatic nitrogens is 1. The third kappa shape index (κ3) is 3.72. The number of alkyl halides is 3. The number of nitrogens with zero attached hydrogens (tertiary/aromatic N) is 1. The van der Waals surface area contributed by atoms with Crippen LogP contribution in [0.4, 0.5) is 13.2 Å². The third-order valence-electron chi connectivity index (χ3n) is 3.00. The molecule has 1 heterocycles. The van der Waals surface area contributed by atoms with Crippen LogP contribution < -0.4 is 4.74 Å². The number of aliphatic hydroxyl groups excluding tert-OH is 1. The van der Waals surface area contributed by atoms with E-state index in [1.807, 2.05) is 0 Å². The van der Waals surface area contributed by atoms with Crippen LogP contribution in [0.1, 0.15) is 28.6 Å². The Bertz CT molecular complexity index is 641. The monoisotopic (exact) mass is 297 g/mol. The topological polar surface area (TPSA) is 42.4 Å². The van der Waals surface area contributed by atoms with Crippen molar-refractivity contribution in [2.24, 2.45) is 0 Å². The number of pyridine rings is 1. The van der Waals surface area contributed by atoms with Crippen molar-refractivity contribution in [2.75, 3.05) is 0 Å². The summed E-state index contributed by atoms with van der Waals surface area (Å²) in [6.45, 7) is 3.49. The van der Waals surface area contributed by atoms with Crippen LogP contribution in [0.3, 0.4) is 0 Å². The lowest BCUT2D eigenvalue weighted by atomic mass is 9.99. The molecule has 1 aromatic carbocycles. The van der Waals surface area contributed by atoms with E-state index in [1.54, 1.807) is 32.0 Å². The number of para-hydroxylation sites is 1. The van der Waals surface area contributed by atoms with Crippen LogP contribution in [-0.4, -0.2) is 16.5 Å². The van der Waals surface area contributed by atoms with E-state index in [0.717, 1.165) is 5.69 Å². The van der Waals surface area contributed by atoms with Gasteiger partial charge in [0.15, 0.2) is 0 Å². The third-order valence-corrected chi connectivity index (χ3v) is 3.00. The quantitative estimate of drug-likeness (QED) is 0.939. The molecular formula is C15H14F3NO2. The van der Waals surface area contributed by atoms with E-state index in [0.29, 0.717) is 11.3 Å². The van der Waals surface area contributed by atoms with Gasteiger partial charge in [0, 0.05) is 22.5 Å². The zero-order valence-electron chi connectivity index (χ0n) is 11.5. The van der Waals surface area contributed by atoms with E-state index in [-0.39, 0.29) is 5.56 Å². The second-order valence-corrected chi connectivity index (χ2v) is 4.62. The van der Waals surface area contributed by atoms with Gasteiger partial charge in [-0.05, 0) is 26.0 Å². The Kier molecular flexibility index (Phi) is 4.18. The van der Waals surface area contributed by atoms with Gasteiger partial charge in [-0.3, -0.25) is 4.98 Å². The molecule has 1 unspecified atom stereocenters. The molecule has 0 aliphatic heterocycles. The molecule has 21 heavy (non-hydrogen) atoms. The van der Waals surface area contributed by atoms with Crippen molar-refractivity contribution in [1.82, 2.24) is 4.98 Å². The van der Waals surface area contributed by atoms with E-state index >= 15 is 0 Å². The van der Waals surface area contributed by atoms with Crippen LogP contribution >= 0.6 is 0 Å². The second kappa shape index (κ2) is 5.73. The first-order valence-corrected chi connectivity index (χ1v) is 6.25. The first-order chi connectivity index (χ1) is 9.78. The van der Waals surface area contributed by atoms with E-state index in [4.69, 9.17) is 0 Å². The second-order valence-electron chi connectivity index (χ2n) is 4.62. The number of rotatable bonds is 3. The minimum absolute atomic E-state index is 0.0450. The van der Waals surface area contributed by atoms with Gasteiger partial charge in [-0.15, -0.1) is 13.2 Å². The normalized spacial score (nSPS) is 13.0. The van der Waals surface area contributed by atoms with Gasteiger partial charge in [0.05, 0.1) is 0 Å². The summed E-state index contributed by atoms with van der Waals surface area (Å²) >= 11 is 0. The van der Waals surface area contributed by atoms with Gasteiger partial charge in [0.25, 0.3) is 0 Å². The van der Waals surface area contributed by atoms with Crippen molar-refractivity contribution in [2.45, 2.75) is 26.3 Å². The minimum Gasteiger partial charge on any atom is -0.405 e. The standard InChI is InChI=1S/C15H14F3NO2/c1-9-7-8-11(10(2)19-9)14(20)12-5-3-4-6-13(12)21-15(16,17)18/h3-8,14,20H,1-2H3. The van der Waals surface area contributed by atoms with Gasteiger partial charge in [-0.1, -0.05) is 24.3 Å². The number of aryl methyl sites for hydroxylation is 2. The predicted octanol–water partition coefficient (Wildman–Crippen LogP) is 3.68. The molecule has 1 atom stereocenters. The molecule has 0 saturated carbocycles. The summed E-state index contributed by atoms with van der Waals surface area (Å²) in [5, 5.41) is 10.4. The molecular weight excluding hydrogens is 283 g/mol. The number of hydrogen-bond acceptors (Lipinski definition) is 3. The van der Waals surface area contributed by atoms with Gasteiger partial charge >= 0.3 is 6.36 Å². The number of aliphatic hydroxyl groups is 1. The lowest BCUT2D eigenvalue weighted by Gasteiger charge is -2.18. The highest BCUT2D eigenvalue weighted by atomic mass is 19.4. The molecule has 0 aliphatic carbocycles. The first-order valence-electron chi connectivity index (χ1n) is 6.25. The fourth-order valence-electron chi connectivity index (χ4n) is 2.08. The molecule has 0 fully saturated rings. The van der Waals surface area contributed by atoms with E-state index in [9.17, 15) is 18.3 Å². The number of hydrogen-bond donors (Lipinski definition) is 1. The molecule has 1 N–H and O–H groups in total. The van der Waals surface area contributed by atoms with Crippen LogP contribution in [0, 0.1) is 13.8 Å². The molecule has 2 rings (SSSR count). The van der Waals surface area contributed by atoms with Crippen molar-refractivity contribution < 1.29 is 23.0 Å². The van der Waals surface area contributed by atoms with E-state index in [1.165, 1.54) is 18.2 Å². The molecule has 112 valence electrons. The summed E-state index contributed by atoms with van der Waals surface area (Å²) in [6, 6.07) is 8.86. The Balaban J connectivity index is 2.41. The van der Waals surface area contributed by atoms with Gasteiger partial charge in [0.2, 0.25) is 0 Å². The van der Waals surface area contributed by atoms with Crippen molar-refractivity contribution in [3.05, 3.63) is 58.9 Å². The summed E-state index contributed by atoms with van der Waals surface area (Å²) < 4.78 is 41.2. The van der Waals surface area contributed by atoms with Crippen LogP contribution in [0.15, 0.2) is 36.4 Å². The summed E-state index contributed by atoms with van der Waals surface area (Å²) in [7, 11) is 0. The molecule has 0 spiro atoms. The van der Waals surface area contributed by atoms with Gasteiger partial charge in [-0.25, -0.2) is 0 Å². The average molecular weight is 297 g/mol. The minimum atomic E-state index is -4.81. The first kappa shape index (κ1) is 15.3. The van der Waals surface area contributed by atoms with Crippen molar-refractivity contribution in [3.8, 4) is 5.75 Å². The highest BCUT2D eigenvalue weighted by Gasteiger charge is 2.33. The summed E-state index contributed by atoms with van der Waals surface area (Å²) in [5.74, 6) is -0.419. The van der Waals surface area contributed by atoms with E-state index in [2.05, 4.69) is 9.72 Å². The Hall–Kier alpha value is -2.08. The average Bonchev–Trinajstić information content (AvgIpc) is 2.36. The van der Waals surface area contributed by atoms with Crippen LogP contribution in [0.25, 0.3) is 0 Å². The molecule has 0 aliphatic rings. The maximum atomic E-state index is 12.4. The largest absolute Gasteiger partial charge is 0.573 e. The highest BCUT2D eigenvalue weighted by molar-refractivity contribution is 5.41. The van der Waals surface area contributed by atoms with Crippen LogP contribution in [-0.2, 0) is 0 Å². The predicted molar refractivity (Wildman–Crippen MR) is 70.9 cm³/mol.